The fraction of sp³-hybridized carbons (Fsp3) is 0.267. The van der Waals surface area contributed by atoms with E-state index in [9.17, 15) is 4.79 Å². The third-order valence-corrected chi connectivity index (χ3v) is 4.17. The molecule has 1 aromatic carbocycles. The number of rotatable bonds is 2. The van der Waals surface area contributed by atoms with Crippen molar-refractivity contribution in [3.05, 3.63) is 53.5 Å². The van der Waals surface area contributed by atoms with Crippen molar-refractivity contribution in [3.8, 4) is 0 Å². The number of hydrogen-bond donors (Lipinski definition) is 1. The van der Waals surface area contributed by atoms with Gasteiger partial charge in [-0.1, -0.05) is 12.1 Å². The van der Waals surface area contributed by atoms with Gasteiger partial charge >= 0.3 is 0 Å². The van der Waals surface area contributed by atoms with E-state index in [1.54, 1.807) is 12.5 Å². The number of nitrogens with one attached hydrogen (secondary N) is 1. The zero-order chi connectivity index (χ0) is 13.6. The molecule has 1 atom stereocenters. The van der Waals surface area contributed by atoms with Crippen molar-refractivity contribution in [2.45, 2.75) is 24.6 Å². The topological polar surface area (TPSA) is 42.2 Å². The molecule has 1 N–H and O–H groups in total. The van der Waals surface area contributed by atoms with Crippen molar-refractivity contribution in [1.82, 2.24) is 0 Å². The molecule has 1 amide bonds. The Balaban J connectivity index is 2.04. The molecule has 2 aromatic rings. The molecule has 0 bridgehead atoms. The molecule has 3 rings (SSSR count). The van der Waals surface area contributed by atoms with Gasteiger partial charge in [-0.2, -0.15) is 0 Å². The summed E-state index contributed by atoms with van der Waals surface area (Å²) in [5.74, 6) is 0.0223. The van der Waals surface area contributed by atoms with Crippen LogP contribution in [0.1, 0.15) is 35.9 Å². The van der Waals surface area contributed by atoms with Crippen LogP contribution < -0.4 is 5.32 Å². The van der Waals surface area contributed by atoms with Crippen LogP contribution in [0.2, 0.25) is 0 Å². The van der Waals surface area contributed by atoms with Gasteiger partial charge in [-0.25, -0.2) is 0 Å². The van der Waals surface area contributed by atoms with E-state index in [0.29, 0.717) is 0 Å². The van der Waals surface area contributed by atoms with E-state index >= 15 is 0 Å². The molecule has 4 heteroatoms. The highest BCUT2D eigenvalue weighted by Gasteiger charge is 2.38. The number of fused-ring (bicyclic) bond motifs is 1. The summed E-state index contributed by atoms with van der Waals surface area (Å²) >= 11 is 6.44. The number of furan rings is 1. The van der Waals surface area contributed by atoms with Gasteiger partial charge in [-0.15, -0.1) is 11.6 Å². The van der Waals surface area contributed by atoms with Crippen molar-refractivity contribution in [2.24, 2.45) is 0 Å². The summed E-state index contributed by atoms with van der Waals surface area (Å²) in [5, 5.41) is 2.62. The summed E-state index contributed by atoms with van der Waals surface area (Å²) in [6.07, 6.45) is 3.24. The lowest BCUT2D eigenvalue weighted by molar-refractivity contribution is -0.119. The van der Waals surface area contributed by atoms with Gasteiger partial charge in [-0.3, -0.25) is 4.79 Å². The summed E-state index contributed by atoms with van der Waals surface area (Å²) < 4.78 is 5.06. The second-order valence-corrected chi connectivity index (χ2v) is 5.74. The second kappa shape index (κ2) is 4.14. The van der Waals surface area contributed by atoms with Crippen molar-refractivity contribution >= 4 is 23.2 Å². The number of benzene rings is 1. The molecule has 3 nitrogen and oxygen atoms in total. The third-order valence-electron chi connectivity index (χ3n) is 3.66. The lowest BCUT2D eigenvalue weighted by Gasteiger charge is -2.17. The van der Waals surface area contributed by atoms with Crippen LogP contribution in [0.15, 0.2) is 41.2 Å². The average Bonchev–Trinajstić information content (AvgIpc) is 2.98. The molecular weight excluding hydrogens is 262 g/mol. The maximum absolute atomic E-state index is 11.9. The monoisotopic (exact) mass is 275 g/mol. The fourth-order valence-electron chi connectivity index (χ4n) is 2.36. The largest absolute Gasteiger partial charge is 0.472 e. The van der Waals surface area contributed by atoms with Crippen LogP contribution >= 0.6 is 11.6 Å². The Morgan fingerprint density at radius 1 is 1.26 bits per heavy atom. The quantitative estimate of drug-likeness (QED) is 0.846. The van der Waals surface area contributed by atoms with Gasteiger partial charge in [0.15, 0.2) is 0 Å². The molecular formula is C15H14ClNO2. The van der Waals surface area contributed by atoms with E-state index in [0.717, 1.165) is 22.4 Å². The summed E-state index contributed by atoms with van der Waals surface area (Å²) in [6.45, 7) is 3.83. The minimum atomic E-state index is -0.516. The SMILES string of the molecule is CC1(C)C(=O)Nc2ccc(C(Cl)c3ccoc3)cc21. The van der Waals surface area contributed by atoms with Crippen molar-refractivity contribution in [2.75, 3.05) is 5.32 Å². The van der Waals surface area contributed by atoms with E-state index in [4.69, 9.17) is 16.0 Å². The Morgan fingerprint density at radius 2 is 2.05 bits per heavy atom. The summed E-state index contributed by atoms with van der Waals surface area (Å²) in [4.78, 5) is 11.9. The first-order valence-electron chi connectivity index (χ1n) is 6.12. The summed E-state index contributed by atoms with van der Waals surface area (Å²) in [5.41, 5.74) is 3.22. The molecule has 0 spiro atoms. The highest BCUT2D eigenvalue weighted by Crippen LogP contribution is 2.40. The second-order valence-electron chi connectivity index (χ2n) is 5.30. The van der Waals surface area contributed by atoms with Gasteiger partial charge in [0.2, 0.25) is 5.91 Å². The number of hydrogen-bond acceptors (Lipinski definition) is 2. The predicted molar refractivity (Wildman–Crippen MR) is 74.5 cm³/mol. The maximum atomic E-state index is 11.9. The first-order chi connectivity index (χ1) is 9.00. The Hall–Kier alpha value is -1.74. The molecule has 1 unspecified atom stereocenters. The van der Waals surface area contributed by atoms with Gasteiger partial charge in [0.1, 0.15) is 0 Å². The predicted octanol–water partition coefficient (Wildman–Crippen LogP) is 3.84. The zero-order valence-electron chi connectivity index (χ0n) is 10.7. The molecule has 0 saturated carbocycles. The first-order valence-corrected chi connectivity index (χ1v) is 6.56. The number of carbonyl (C=O) groups is 1. The van der Waals surface area contributed by atoms with E-state index in [2.05, 4.69) is 5.32 Å². The normalized spacial score (nSPS) is 17.9. The molecule has 2 heterocycles. The van der Waals surface area contributed by atoms with Crippen molar-refractivity contribution < 1.29 is 9.21 Å². The Kier molecular flexibility index (Phi) is 2.68. The van der Waals surface area contributed by atoms with Crippen LogP contribution in [0.25, 0.3) is 0 Å². The van der Waals surface area contributed by atoms with Crippen LogP contribution in [0.3, 0.4) is 0 Å². The molecule has 1 aliphatic heterocycles. The standard InChI is InChI=1S/C15H14ClNO2/c1-15(2)11-7-9(3-4-12(11)17-14(15)18)13(16)10-5-6-19-8-10/h3-8,13H,1-2H3,(H,17,18). The molecule has 0 fully saturated rings. The fourth-order valence-corrected chi connectivity index (χ4v) is 2.62. The number of anilines is 1. The van der Waals surface area contributed by atoms with Gasteiger partial charge < -0.3 is 9.73 Å². The molecule has 98 valence electrons. The summed E-state index contributed by atoms with van der Waals surface area (Å²) in [7, 11) is 0. The molecule has 1 aliphatic rings. The van der Waals surface area contributed by atoms with E-state index < -0.39 is 5.41 Å². The van der Waals surface area contributed by atoms with E-state index in [-0.39, 0.29) is 11.3 Å². The van der Waals surface area contributed by atoms with Crippen molar-refractivity contribution in [3.63, 3.8) is 0 Å². The number of amides is 1. The summed E-state index contributed by atoms with van der Waals surface area (Å²) in [6, 6.07) is 7.69. The van der Waals surface area contributed by atoms with Crippen LogP contribution in [0.5, 0.6) is 0 Å². The third kappa shape index (κ3) is 1.85. The minimum absolute atomic E-state index is 0.0223. The van der Waals surface area contributed by atoms with E-state index in [1.807, 2.05) is 38.1 Å². The molecule has 0 aliphatic carbocycles. The Labute approximate surface area is 116 Å². The lowest BCUT2D eigenvalue weighted by Crippen LogP contribution is -2.26. The highest BCUT2D eigenvalue weighted by molar-refractivity contribution is 6.22. The van der Waals surface area contributed by atoms with Gasteiger partial charge in [0, 0.05) is 11.3 Å². The molecule has 1 aromatic heterocycles. The van der Waals surface area contributed by atoms with Gasteiger partial charge in [-0.05, 0) is 37.1 Å². The molecule has 19 heavy (non-hydrogen) atoms. The number of halogens is 1. The van der Waals surface area contributed by atoms with Crippen LogP contribution in [0, 0.1) is 0 Å². The van der Waals surface area contributed by atoms with E-state index in [1.165, 1.54) is 0 Å². The first kappa shape index (κ1) is 12.3. The number of alkyl halides is 1. The highest BCUT2D eigenvalue weighted by atomic mass is 35.5. The average molecular weight is 276 g/mol. The van der Waals surface area contributed by atoms with Crippen LogP contribution in [-0.2, 0) is 10.2 Å². The molecule has 0 saturated heterocycles. The van der Waals surface area contributed by atoms with Crippen LogP contribution in [0.4, 0.5) is 5.69 Å². The Bertz CT molecular complexity index is 632. The maximum Gasteiger partial charge on any atom is 0.234 e. The molecule has 0 radical (unpaired) electrons. The van der Waals surface area contributed by atoms with Gasteiger partial charge in [0.25, 0.3) is 0 Å². The van der Waals surface area contributed by atoms with Crippen LogP contribution in [-0.4, -0.2) is 5.91 Å². The smallest absolute Gasteiger partial charge is 0.234 e. The Morgan fingerprint density at radius 3 is 2.74 bits per heavy atom. The minimum Gasteiger partial charge on any atom is -0.472 e. The lowest BCUT2D eigenvalue weighted by atomic mass is 9.85. The van der Waals surface area contributed by atoms with Gasteiger partial charge in [0.05, 0.1) is 23.3 Å². The van der Waals surface area contributed by atoms with Crippen molar-refractivity contribution in [1.29, 1.82) is 0 Å². The number of carbonyl (C=O) groups excluding carboxylic acids is 1. The zero-order valence-corrected chi connectivity index (χ0v) is 11.5.